The number of thiazole rings is 1. The van der Waals surface area contributed by atoms with Gasteiger partial charge < -0.3 is 16.2 Å². The number of hydrogen-bond acceptors (Lipinski definition) is 6. The Morgan fingerprint density at radius 2 is 2.19 bits per heavy atom. The number of nitrogen functional groups attached to an aromatic ring is 1. The molecule has 21 heavy (non-hydrogen) atoms. The van der Waals surface area contributed by atoms with Crippen LogP contribution in [0.15, 0.2) is 18.2 Å². The van der Waals surface area contributed by atoms with Crippen molar-refractivity contribution in [2.24, 2.45) is 0 Å². The summed E-state index contributed by atoms with van der Waals surface area (Å²) in [6, 6.07) is 5.52. The summed E-state index contributed by atoms with van der Waals surface area (Å²) in [6.07, 6.45) is 2.13. The van der Waals surface area contributed by atoms with Crippen molar-refractivity contribution >= 4 is 50.0 Å². The third kappa shape index (κ3) is 5.18. The van der Waals surface area contributed by atoms with Crippen molar-refractivity contribution in [3.63, 3.8) is 0 Å². The quantitative estimate of drug-likeness (QED) is 0.513. The van der Waals surface area contributed by atoms with Crippen molar-refractivity contribution in [3.8, 4) is 0 Å². The number of nitrogens with one attached hydrogen (secondary N) is 1. The van der Waals surface area contributed by atoms with Gasteiger partial charge in [0.1, 0.15) is 0 Å². The maximum atomic E-state index is 11.8. The standard InChI is InChI=1S/C14H19N3O2S2/c15-10-4-5-11-12(9-10)21-14(16-11)17-13(19)3-1-7-20-8-2-6-18/h4-5,9,18H,1-3,6-8,15H2,(H,16,17,19). The SMILES string of the molecule is Nc1ccc2nc(NC(=O)CCCSCCCO)sc2c1. The third-order valence-electron chi connectivity index (χ3n) is 2.80. The number of nitrogens with two attached hydrogens (primary N) is 1. The van der Waals surface area contributed by atoms with Crippen molar-refractivity contribution < 1.29 is 9.90 Å². The number of carbonyl (C=O) groups excluding carboxylic acids is 1. The Bertz CT molecular complexity index is 601. The summed E-state index contributed by atoms with van der Waals surface area (Å²) in [5, 5.41) is 12.1. The number of fused-ring (bicyclic) bond motifs is 1. The van der Waals surface area contributed by atoms with Gasteiger partial charge in [0.25, 0.3) is 0 Å². The van der Waals surface area contributed by atoms with Crippen LogP contribution < -0.4 is 11.1 Å². The third-order valence-corrected chi connectivity index (χ3v) is 4.89. The highest BCUT2D eigenvalue weighted by Crippen LogP contribution is 2.27. The first-order chi connectivity index (χ1) is 10.2. The monoisotopic (exact) mass is 325 g/mol. The summed E-state index contributed by atoms with van der Waals surface area (Å²) in [4.78, 5) is 16.2. The molecule has 0 saturated carbocycles. The van der Waals surface area contributed by atoms with Gasteiger partial charge in [-0.15, -0.1) is 0 Å². The number of hydrogen-bond donors (Lipinski definition) is 3. The van der Waals surface area contributed by atoms with Gasteiger partial charge in [-0.1, -0.05) is 11.3 Å². The Morgan fingerprint density at radius 1 is 1.38 bits per heavy atom. The van der Waals surface area contributed by atoms with Crippen molar-refractivity contribution in [3.05, 3.63) is 18.2 Å². The number of benzene rings is 1. The lowest BCUT2D eigenvalue weighted by Gasteiger charge is -2.01. The van der Waals surface area contributed by atoms with Crippen LogP contribution in [0, 0.1) is 0 Å². The fourth-order valence-corrected chi connectivity index (χ4v) is 3.60. The molecule has 0 unspecified atom stereocenters. The second kappa shape index (κ2) is 8.21. The maximum absolute atomic E-state index is 11.8. The Morgan fingerprint density at radius 3 is 3.00 bits per heavy atom. The Kier molecular flexibility index (Phi) is 6.28. The van der Waals surface area contributed by atoms with Crippen LogP contribution in [0.4, 0.5) is 10.8 Å². The lowest BCUT2D eigenvalue weighted by molar-refractivity contribution is -0.116. The number of nitrogens with zero attached hydrogens (tertiary/aromatic N) is 1. The first kappa shape index (κ1) is 16.1. The molecule has 2 rings (SSSR count). The minimum absolute atomic E-state index is 0.00946. The number of amides is 1. The van der Waals surface area contributed by atoms with E-state index in [1.54, 1.807) is 17.8 Å². The molecule has 1 amide bonds. The molecule has 0 aliphatic heterocycles. The molecule has 4 N–H and O–H groups in total. The minimum atomic E-state index is -0.00946. The van der Waals surface area contributed by atoms with E-state index in [0.717, 1.165) is 34.6 Å². The molecule has 1 heterocycles. The molecule has 1 aromatic carbocycles. The van der Waals surface area contributed by atoms with Crippen LogP contribution in [0.2, 0.25) is 0 Å². The summed E-state index contributed by atoms with van der Waals surface area (Å²) >= 11 is 3.20. The lowest BCUT2D eigenvalue weighted by atomic mass is 10.3. The topological polar surface area (TPSA) is 88.2 Å². The fraction of sp³-hybridized carbons (Fsp3) is 0.429. The van der Waals surface area contributed by atoms with E-state index in [4.69, 9.17) is 10.8 Å². The average Bonchev–Trinajstić information content (AvgIpc) is 2.83. The molecule has 0 aliphatic rings. The molecule has 0 aliphatic carbocycles. The smallest absolute Gasteiger partial charge is 0.226 e. The van der Waals surface area contributed by atoms with Crippen LogP contribution in [-0.2, 0) is 4.79 Å². The summed E-state index contributed by atoms with van der Waals surface area (Å²) in [5.74, 6) is 1.87. The maximum Gasteiger partial charge on any atom is 0.226 e. The molecule has 0 spiro atoms. The summed E-state index contributed by atoms with van der Waals surface area (Å²) in [6.45, 7) is 0.232. The normalized spacial score (nSPS) is 10.9. The van der Waals surface area contributed by atoms with E-state index < -0.39 is 0 Å². The van der Waals surface area contributed by atoms with Crippen LogP contribution in [0.1, 0.15) is 19.3 Å². The number of rotatable bonds is 8. The van der Waals surface area contributed by atoms with Crippen LogP contribution in [0.25, 0.3) is 10.2 Å². The molecule has 7 heteroatoms. The van der Waals surface area contributed by atoms with Gasteiger partial charge in [0.15, 0.2) is 5.13 Å². The highest BCUT2D eigenvalue weighted by atomic mass is 32.2. The molecule has 1 aromatic heterocycles. The highest BCUT2D eigenvalue weighted by Gasteiger charge is 2.07. The first-order valence-corrected chi connectivity index (χ1v) is 8.80. The molecule has 5 nitrogen and oxygen atoms in total. The van der Waals surface area contributed by atoms with Crippen molar-refractivity contribution in [2.45, 2.75) is 19.3 Å². The van der Waals surface area contributed by atoms with Crippen LogP contribution >= 0.6 is 23.1 Å². The number of aliphatic hydroxyl groups excluding tert-OH is 1. The molecule has 114 valence electrons. The highest BCUT2D eigenvalue weighted by molar-refractivity contribution is 7.99. The van der Waals surface area contributed by atoms with Gasteiger partial charge in [-0.25, -0.2) is 4.98 Å². The second-order valence-corrected chi connectivity index (χ2v) is 6.84. The summed E-state index contributed by atoms with van der Waals surface area (Å²) < 4.78 is 0.977. The van der Waals surface area contributed by atoms with E-state index in [1.807, 2.05) is 12.1 Å². The molecule has 0 bridgehead atoms. The van der Waals surface area contributed by atoms with Crippen LogP contribution in [-0.4, -0.2) is 34.1 Å². The van der Waals surface area contributed by atoms with Gasteiger partial charge in [-0.05, 0) is 42.5 Å². The zero-order chi connectivity index (χ0) is 15.1. The average molecular weight is 325 g/mol. The van der Waals surface area contributed by atoms with Gasteiger partial charge in [0, 0.05) is 18.7 Å². The largest absolute Gasteiger partial charge is 0.399 e. The molecule has 0 atom stereocenters. The number of aliphatic hydroxyl groups is 1. The van der Waals surface area contributed by atoms with E-state index in [1.165, 1.54) is 11.3 Å². The molecule has 0 fully saturated rings. The van der Waals surface area contributed by atoms with Crippen LogP contribution in [0.5, 0.6) is 0 Å². The van der Waals surface area contributed by atoms with Crippen molar-refractivity contribution in [1.29, 1.82) is 0 Å². The van der Waals surface area contributed by atoms with Gasteiger partial charge in [0.2, 0.25) is 5.91 Å². The van der Waals surface area contributed by atoms with E-state index in [0.29, 0.717) is 17.2 Å². The summed E-state index contributed by atoms with van der Waals surface area (Å²) in [7, 11) is 0. The van der Waals surface area contributed by atoms with Gasteiger partial charge in [-0.3, -0.25) is 4.79 Å². The number of aromatic nitrogens is 1. The minimum Gasteiger partial charge on any atom is -0.399 e. The van der Waals surface area contributed by atoms with Gasteiger partial charge in [-0.2, -0.15) is 11.8 Å². The molecule has 0 saturated heterocycles. The molecule has 0 radical (unpaired) electrons. The van der Waals surface area contributed by atoms with Gasteiger partial charge >= 0.3 is 0 Å². The lowest BCUT2D eigenvalue weighted by Crippen LogP contribution is -2.11. The molecule has 2 aromatic rings. The number of anilines is 2. The van der Waals surface area contributed by atoms with Gasteiger partial charge in [0.05, 0.1) is 10.2 Å². The summed E-state index contributed by atoms with van der Waals surface area (Å²) in [5.41, 5.74) is 7.27. The zero-order valence-corrected chi connectivity index (χ0v) is 13.3. The fourth-order valence-electron chi connectivity index (χ4n) is 1.78. The van der Waals surface area contributed by atoms with E-state index in [-0.39, 0.29) is 12.5 Å². The van der Waals surface area contributed by atoms with Crippen LogP contribution in [0.3, 0.4) is 0 Å². The second-order valence-electron chi connectivity index (χ2n) is 4.59. The van der Waals surface area contributed by atoms with E-state index >= 15 is 0 Å². The first-order valence-electron chi connectivity index (χ1n) is 6.83. The number of carbonyl (C=O) groups is 1. The Hall–Kier alpha value is -1.31. The van der Waals surface area contributed by atoms with E-state index in [9.17, 15) is 4.79 Å². The molecular weight excluding hydrogens is 306 g/mol. The van der Waals surface area contributed by atoms with Crippen molar-refractivity contribution in [1.82, 2.24) is 4.98 Å². The number of thioether (sulfide) groups is 1. The zero-order valence-electron chi connectivity index (χ0n) is 11.7. The predicted octanol–water partition coefficient (Wildman–Crippen LogP) is 2.71. The Balaban J connectivity index is 1.76. The molecular formula is C14H19N3O2S2. The van der Waals surface area contributed by atoms with Crippen molar-refractivity contribution in [2.75, 3.05) is 29.2 Å². The van der Waals surface area contributed by atoms with E-state index in [2.05, 4.69) is 10.3 Å². The predicted molar refractivity (Wildman–Crippen MR) is 90.9 cm³/mol. The Labute approximate surface area is 131 Å².